The lowest BCUT2D eigenvalue weighted by atomic mass is 10.2. The van der Waals surface area contributed by atoms with Crippen LogP contribution in [0, 0.1) is 0 Å². The average Bonchev–Trinajstić information content (AvgIpc) is 3.37. The lowest BCUT2D eigenvalue weighted by Gasteiger charge is -2.26. The van der Waals surface area contributed by atoms with Gasteiger partial charge in [0.05, 0.1) is 45.8 Å². The molecule has 2 heterocycles. The van der Waals surface area contributed by atoms with Gasteiger partial charge in [0.1, 0.15) is 18.2 Å². The van der Waals surface area contributed by atoms with E-state index >= 15 is 0 Å². The average molecular weight is 604 g/mol. The zero-order chi connectivity index (χ0) is 29.0. The van der Waals surface area contributed by atoms with Crippen molar-refractivity contribution in [2.24, 2.45) is 4.99 Å². The van der Waals surface area contributed by atoms with Crippen molar-refractivity contribution in [3.63, 3.8) is 0 Å². The van der Waals surface area contributed by atoms with E-state index in [0.29, 0.717) is 19.8 Å². The Morgan fingerprint density at radius 2 is 1.76 bits per heavy atom. The van der Waals surface area contributed by atoms with Crippen LogP contribution < -0.4 is 9.64 Å². The summed E-state index contributed by atoms with van der Waals surface area (Å²) in [7, 11) is -3.40. The molecule has 0 radical (unpaired) electrons. The highest BCUT2D eigenvalue weighted by Gasteiger charge is 2.30. The van der Waals surface area contributed by atoms with Crippen molar-refractivity contribution in [3.8, 4) is 11.5 Å². The van der Waals surface area contributed by atoms with E-state index in [9.17, 15) is 21.6 Å². The van der Waals surface area contributed by atoms with E-state index < -0.39 is 21.6 Å². The number of halogens is 4. The number of fused-ring (bicyclic) bond motifs is 1. The van der Waals surface area contributed by atoms with Crippen LogP contribution in [0.3, 0.4) is 0 Å². The lowest BCUT2D eigenvalue weighted by molar-refractivity contribution is -0.137. The van der Waals surface area contributed by atoms with Crippen LogP contribution in [-0.4, -0.2) is 44.8 Å². The molecule has 41 heavy (non-hydrogen) atoms. The fourth-order valence-electron chi connectivity index (χ4n) is 4.33. The van der Waals surface area contributed by atoms with Crippen molar-refractivity contribution in [3.05, 3.63) is 101 Å². The van der Waals surface area contributed by atoms with Crippen LogP contribution in [0.1, 0.15) is 11.3 Å². The molecule has 0 aliphatic carbocycles. The minimum atomic E-state index is -4.48. The summed E-state index contributed by atoms with van der Waals surface area (Å²) in [4.78, 5) is 6.67. The van der Waals surface area contributed by atoms with Gasteiger partial charge in [0, 0.05) is 24.6 Å². The maximum absolute atomic E-state index is 13.0. The molecular formula is C29H25ClF3N3O4S. The number of sulfone groups is 1. The number of rotatable bonds is 10. The highest BCUT2D eigenvalue weighted by Crippen LogP contribution is 2.38. The van der Waals surface area contributed by atoms with Gasteiger partial charge in [0.2, 0.25) is 0 Å². The number of aliphatic imine (C=N–C) groups is 1. The fourth-order valence-corrected chi connectivity index (χ4v) is 5.68. The normalized spacial score (nSPS) is 13.3. The number of benzene rings is 3. The summed E-state index contributed by atoms with van der Waals surface area (Å²) in [5.74, 6) is 0.139. The number of hydrogen-bond donors (Lipinski definition) is 0. The maximum atomic E-state index is 13.0. The van der Waals surface area contributed by atoms with Crippen LogP contribution in [-0.2, 0) is 27.3 Å². The first-order valence-electron chi connectivity index (χ1n) is 12.6. The van der Waals surface area contributed by atoms with Gasteiger partial charge in [-0.2, -0.15) is 13.2 Å². The Morgan fingerprint density at radius 3 is 2.51 bits per heavy atom. The summed E-state index contributed by atoms with van der Waals surface area (Å²) < 4.78 is 77.2. The number of ether oxygens (including phenoxy) is 2. The topological polar surface area (TPSA) is 73.1 Å². The van der Waals surface area contributed by atoms with Crippen molar-refractivity contribution in [1.82, 2.24) is 4.57 Å². The summed E-state index contributed by atoms with van der Waals surface area (Å²) >= 11 is 6.45. The Balaban J connectivity index is 1.21. The second kappa shape index (κ2) is 12.0. The zero-order valence-corrected chi connectivity index (χ0v) is 23.2. The molecule has 214 valence electrons. The minimum Gasteiger partial charge on any atom is -0.456 e. The molecule has 1 aliphatic rings. The van der Waals surface area contributed by atoms with Crippen LogP contribution in [0.4, 0.5) is 24.5 Å². The largest absolute Gasteiger partial charge is 0.456 e. The van der Waals surface area contributed by atoms with E-state index in [2.05, 4.69) is 4.99 Å². The molecule has 12 heteroatoms. The minimum absolute atomic E-state index is 0.0243. The first-order valence-corrected chi connectivity index (χ1v) is 14.6. The Bertz CT molecular complexity index is 1660. The molecule has 0 fully saturated rings. The first-order chi connectivity index (χ1) is 19.6. The van der Waals surface area contributed by atoms with Crippen molar-refractivity contribution in [2.45, 2.75) is 17.6 Å². The zero-order valence-electron chi connectivity index (χ0n) is 21.6. The predicted molar refractivity (Wildman–Crippen MR) is 151 cm³/mol. The summed E-state index contributed by atoms with van der Waals surface area (Å²) in [6.07, 6.45) is -0.824. The molecule has 5 rings (SSSR count). The monoisotopic (exact) mass is 603 g/mol. The highest BCUT2D eigenvalue weighted by molar-refractivity contribution is 7.91. The van der Waals surface area contributed by atoms with Crippen molar-refractivity contribution in [1.29, 1.82) is 0 Å². The van der Waals surface area contributed by atoms with E-state index in [1.54, 1.807) is 54.7 Å². The second-order valence-electron chi connectivity index (χ2n) is 9.15. The molecule has 4 aromatic rings. The highest BCUT2D eigenvalue weighted by atomic mass is 35.5. The Kier molecular flexibility index (Phi) is 8.39. The van der Waals surface area contributed by atoms with Crippen LogP contribution in [0.25, 0.3) is 0 Å². The van der Waals surface area contributed by atoms with Gasteiger partial charge in [-0.05, 0) is 54.6 Å². The molecule has 0 bridgehead atoms. The predicted octanol–water partition coefficient (Wildman–Crippen LogP) is 6.97. The molecule has 0 atom stereocenters. The van der Waals surface area contributed by atoms with E-state index in [1.165, 1.54) is 12.1 Å². The third kappa shape index (κ3) is 6.75. The first kappa shape index (κ1) is 28.7. The van der Waals surface area contributed by atoms with Gasteiger partial charge in [0.25, 0.3) is 0 Å². The number of nitrogens with zero attached hydrogens (tertiary/aromatic N) is 3. The van der Waals surface area contributed by atoms with Crippen molar-refractivity contribution < 1.29 is 31.1 Å². The smallest absolute Gasteiger partial charge is 0.416 e. The van der Waals surface area contributed by atoms with E-state index in [1.807, 2.05) is 21.7 Å². The Morgan fingerprint density at radius 1 is 0.951 bits per heavy atom. The molecule has 0 N–H and O–H groups in total. The fraction of sp³-hybridized carbons (Fsp3) is 0.207. The van der Waals surface area contributed by atoms with Crippen LogP contribution in [0.5, 0.6) is 11.5 Å². The van der Waals surface area contributed by atoms with Crippen LogP contribution >= 0.6 is 11.6 Å². The third-order valence-corrected chi connectivity index (χ3v) is 8.39. The van der Waals surface area contributed by atoms with Gasteiger partial charge in [-0.15, -0.1) is 0 Å². The van der Waals surface area contributed by atoms with Gasteiger partial charge in [-0.1, -0.05) is 35.9 Å². The molecule has 0 saturated heterocycles. The Hall–Kier alpha value is -3.80. The number of hydrogen-bond acceptors (Lipinski definition) is 6. The standard InChI is InChI=1S/C29H25ClF3N3O4S/c30-25-18-22(9-10-28(25)40-23-6-4-5-21(17-23)29(31,32)33)36-20-34-19-27-26(36)11-12-35(27)13-14-39-15-16-41(37,38)24-7-2-1-3-8-24/h1-12,17-19H,13-16,20H2. The number of aromatic nitrogens is 1. The number of alkyl halides is 3. The number of anilines is 2. The molecule has 1 aliphatic heterocycles. The van der Waals surface area contributed by atoms with E-state index in [4.69, 9.17) is 21.1 Å². The molecule has 3 aromatic carbocycles. The van der Waals surface area contributed by atoms with E-state index in [-0.39, 0.29) is 33.8 Å². The van der Waals surface area contributed by atoms with Gasteiger partial charge < -0.3 is 18.9 Å². The van der Waals surface area contributed by atoms with Gasteiger partial charge in [-0.3, -0.25) is 4.99 Å². The van der Waals surface area contributed by atoms with Gasteiger partial charge in [-0.25, -0.2) is 8.42 Å². The molecule has 0 spiro atoms. The molecule has 0 saturated carbocycles. The second-order valence-corrected chi connectivity index (χ2v) is 11.7. The summed E-state index contributed by atoms with van der Waals surface area (Å²) in [6.45, 7) is 1.22. The van der Waals surface area contributed by atoms with Crippen molar-refractivity contribution >= 4 is 39.0 Å². The SMILES string of the molecule is O=S(=O)(CCOCCn1ccc2c1C=NCN2c1ccc(Oc2cccc(C(F)(F)F)c2)c(Cl)c1)c1ccccc1. The summed E-state index contributed by atoms with van der Waals surface area (Å²) in [5.41, 5.74) is 1.64. The lowest BCUT2D eigenvalue weighted by Crippen LogP contribution is -2.23. The molecular weight excluding hydrogens is 579 g/mol. The molecule has 0 amide bonds. The summed E-state index contributed by atoms with van der Waals surface area (Å²) in [6, 6.07) is 19.8. The third-order valence-electron chi connectivity index (χ3n) is 6.40. The van der Waals surface area contributed by atoms with Crippen LogP contribution in [0.15, 0.2) is 94.9 Å². The van der Waals surface area contributed by atoms with Gasteiger partial charge >= 0.3 is 6.18 Å². The molecule has 7 nitrogen and oxygen atoms in total. The quantitative estimate of drug-likeness (QED) is 0.183. The van der Waals surface area contributed by atoms with Gasteiger partial charge in [0.15, 0.2) is 9.84 Å². The summed E-state index contributed by atoms with van der Waals surface area (Å²) in [5, 5.41) is 0.231. The molecule has 0 unspecified atom stereocenters. The maximum Gasteiger partial charge on any atom is 0.416 e. The van der Waals surface area contributed by atoms with E-state index in [0.717, 1.165) is 29.2 Å². The molecule has 1 aromatic heterocycles. The van der Waals surface area contributed by atoms with Crippen molar-refractivity contribution in [2.75, 3.05) is 30.5 Å². The Labute approximate surface area is 240 Å². The van der Waals surface area contributed by atoms with Crippen LogP contribution in [0.2, 0.25) is 5.02 Å².